The summed E-state index contributed by atoms with van der Waals surface area (Å²) in [5.74, 6) is 0.461. The molecule has 128 valence electrons. The Hall–Kier alpha value is -2.73. The Morgan fingerprint density at radius 1 is 1.16 bits per heavy atom. The van der Waals surface area contributed by atoms with Crippen molar-refractivity contribution in [2.45, 2.75) is 26.7 Å². The fraction of sp³-hybridized carbons (Fsp3) is 0.211. The van der Waals surface area contributed by atoms with Gasteiger partial charge >= 0.3 is 0 Å². The molecule has 0 spiro atoms. The van der Waals surface area contributed by atoms with Gasteiger partial charge in [0.05, 0.1) is 5.52 Å². The van der Waals surface area contributed by atoms with Gasteiger partial charge in [0.1, 0.15) is 0 Å². The number of aromatic nitrogens is 1. The minimum atomic E-state index is -0.0200. The topological polar surface area (TPSA) is 72.8 Å². The summed E-state index contributed by atoms with van der Waals surface area (Å²) in [6.07, 6.45) is 0. The first-order chi connectivity index (χ1) is 11.9. The van der Waals surface area contributed by atoms with E-state index >= 15 is 0 Å². The summed E-state index contributed by atoms with van der Waals surface area (Å²) in [6.45, 7) is 6.28. The molecule has 0 aliphatic rings. The molecule has 3 N–H and O–H groups in total. The molecule has 3 aromatic rings. The van der Waals surface area contributed by atoms with Crippen LogP contribution in [0.5, 0.6) is 5.88 Å². The van der Waals surface area contributed by atoms with Crippen molar-refractivity contribution in [3.05, 3.63) is 53.6 Å². The van der Waals surface area contributed by atoms with Gasteiger partial charge in [-0.15, -0.1) is 10.2 Å². The first kappa shape index (κ1) is 17.1. The van der Waals surface area contributed by atoms with Crippen molar-refractivity contribution in [1.29, 1.82) is 0 Å². The minimum Gasteiger partial charge on any atom is -0.493 e. The monoisotopic (exact) mass is 352 g/mol. The van der Waals surface area contributed by atoms with E-state index < -0.39 is 0 Å². The van der Waals surface area contributed by atoms with Gasteiger partial charge in [-0.3, -0.25) is 0 Å². The number of nitrogens with one attached hydrogen (secondary N) is 2. The number of nitrogens with zero attached hydrogens (tertiary/aromatic N) is 2. The molecule has 0 radical (unpaired) electrons. The lowest BCUT2D eigenvalue weighted by Gasteiger charge is -2.07. The summed E-state index contributed by atoms with van der Waals surface area (Å²) in [4.78, 5) is 2.88. The van der Waals surface area contributed by atoms with E-state index in [0.717, 1.165) is 22.2 Å². The Labute approximate surface area is 151 Å². The van der Waals surface area contributed by atoms with Gasteiger partial charge < -0.3 is 15.4 Å². The van der Waals surface area contributed by atoms with Gasteiger partial charge in [0, 0.05) is 11.1 Å². The maximum atomic E-state index is 10.0. The lowest BCUT2D eigenvalue weighted by atomic mass is 10.0. The van der Waals surface area contributed by atoms with Crippen LogP contribution in [-0.4, -0.2) is 15.2 Å². The molecule has 0 aliphatic heterocycles. The summed E-state index contributed by atoms with van der Waals surface area (Å²) in [5.41, 5.74) is 4.39. The number of aromatic hydroxyl groups is 1. The third kappa shape index (κ3) is 3.85. The van der Waals surface area contributed by atoms with Crippen molar-refractivity contribution in [3.8, 4) is 5.88 Å². The molecule has 3 rings (SSSR count). The normalized spacial score (nSPS) is 11.5. The molecule has 6 heteroatoms. The van der Waals surface area contributed by atoms with Gasteiger partial charge in [0.25, 0.3) is 0 Å². The fourth-order valence-corrected chi connectivity index (χ4v) is 2.73. The predicted octanol–water partition coefficient (Wildman–Crippen LogP) is 5.79. The molecule has 2 aromatic carbocycles. The number of fused-ring (bicyclic) bond motifs is 1. The Balaban J connectivity index is 1.76. The van der Waals surface area contributed by atoms with Gasteiger partial charge in [-0.25, -0.2) is 0 Å². The summed E-state index contributed by atoms with van der Waals surface area (Å²) < 4.78 is 0. The van der Waals surface area contributed by atoms with Crippen molar-refractivity contribution in [2.75, 3.05) is 5.32 Å². The Morgan fingerprint density at radius 2 is 1.88 bits per heavy atom. The number of azo groups is 1. The predicted molar refractivity (Wildman–Crippen MR) is 106 cm³/mol. The highest BCUT2D eigenvalue weighted by Crippen LogP contribution is 2.35. The van der Waals surface area contributed by atoms with Crippen LogP contribution in [-0.2, 0) is 0 Å². The summed E-state index contributed by atoms with van der Waals surface area (Å²) in [7, 11) is 0. The Morgan fingerprint density at radius 3 is 2.56 bits per heavy atom. The lowest BCUT2D eigenvalue weighted by Crippen LogP contribution is -2.04. The first-order valence-electron chi connectivity index (χ1n) is 8.08. The highest BCUT2D eigenvalue weighted by Gasteiger charge is 2.10. The van der Waals surface area contributed by atoms with E-state index in [-0.39, 0.29) is 11.0 Å². The minimum absolute atomic E-state index is 0.0200. The molecular weight excluding hydrogens is 332 g/mol. The number of aromatic amines is 1. The van der Waals surface area contributed by atoms with Crippen LogP contribution in [0.3, 0.4) is 0 Å². The molecule has 1 heterocycles. The zero-order valence-electron chi connectivity index (χ0n) is 14.4. The van der Waals surface area contributed by atoms with Gasteiger partial charge in [0.15, 0.2) is 5.69 Å². The molecule has 5 nitrogen and oxygen atoms in total. The number of hydrogen-bond acceptors (Lipinski definition) is 3. The second-order valence-electron chi connectivity index (χ2n) is 6.28. The van der Waals surface area contributed by atoms with Crippen LogP contribution in [0, 0.1) is 6.92 Å². The second-order valence-corrected chi connectivity index (χ2v) is 6.66. The smallest absolute Gasteiger partial charge is 0.218 e. The summed E-state index contributed by atoms with van der Waals surface area (Å²) in [5, 5.41) is 22.3. The first-order valence-corrected chi connectivity index (χ1v) is 8.49. The average molecular weight is 352 g/mol. The number of rotatable bonds is 3. The molecule has 1 aromatic heterocycles. The van der Waals surface area contributed by atoms with Crippen LogP contribution >= 0.6 is 12.2 Å². The van der Waals surface area contributed by atoms with E-state index in [1.54, 1.807) is 0 Å². The zero-order chi connectivity index (χ0) is 18.0. The van der Waals surface area contributed by atoms with Crippen LogP contribution in [0.25, 0.3) is 10.9 Å². The van der Waals surface area contributed by atoms with E-state index in [1.807, 2.05) is 37.3 Å². The van der Waals surface area contributed by atoms with E-state index in [1.165, 1.54) is 5.56 Å². The van der Waals surface area contributed by atoms with Crippen molar-refractivity contribution in [2.24, 2.45) is 10.2 Å². The van der Waals surface area contributed by atoms with Crippen molar-refractivity contribution in [3.63, 3.8) is 0 Å². The second kappa shape index (κ2) is 7.03. The maximum Gasteiger partial charge on any atom is 0.218 e. The maximum absolute atomic E-state index is 10.0. The molecule has 0 aliphatic carbocycles. The largest absolute Gasteiger partial charge is 0.493 e. The average Bonchev–Trinajstić information content (AvgIpc) is 2.88. The summed E-state index contributed by atoms with van der Waals surface area (Å²) in [6, 6.07) is 13.8. The molecule has 0 unspecified atom stereocenters. The van der Waals surface area contributed by atoms with Crippen molar-refractivity contribution >= 4 is 39.6 Å². The molecule has 0 saturated carbocycles. The molecule has 0 atom stereocenters. The lowest BCUT2D eigenvalue weighted by molar-refractivity contribution is 0.459. The number of thiocarbonyl (C=S) groups is 1. The number of aryl methyl sites for hydroxylation is 1. The number of anilines is 1. The van der Waals surface area contributed by atoms with E-state index in [2.05, 4.69) is 46.5 Å². The van der Waals surface area contributed by atoms with Gasteiger partial charge in [-0.05, 0) is 54.9 Å². The third-order valence-corrected chi connectivity index (χ3v) is 4.16. The molecule has 0 amide bonds. The number of H-pyrrole nitrogens is 1. The molecule has 0 bridgehead atoms. The molecule has 0 saturated heterocycles. The molecular formula is C19H20N4OS. The van der Waals surface area contributed by atoms with Crippen molar-refractivity contribution in [1.82, 2.24) is 4.98 Å². The van der Waals surface area contributed by atoms with Crippen LogP contribution in [0.4, 0.5) is 11.4 Å². The van der Waals surface area contributed by atoms with Gasteiger partial charge in [-0.2, -0.15) is 0 Å². The molecule has 0 fully saturated rings. The van der Waals surface area contributed by atoms with Gasteiger partial charge in [0.2, 0.25) is 11.0 Å². The van der Waals surface area contributed by atoms with E-state index in [4.69, 9.17) is 12.2 Å². The number of hydrogen-bond donors (Lipinski definition) is 3. The van der Waals surface area contributed by atoms with E-state index in [0.29, 0.717) is 11.6 Å². The van der Waals surface area contributed by atoms with Crippen LogP contribution in [0.15, 0.2) is 52.7 Å². The van der Waals surface area contributed by atoms with Crippen molar-refractivity contribution < 1.29 is 5.11 Å². The Bertz CT molecular complexity index is 942. The third-order valence-electron chi connectivity index (χ3n) is 3.98. The van der Waals surface area contributed by atoms with E-state index in [9.17, 15) is 5.11 Å². The van der Waals surface area contributed by atoms with Crippen LogP contribution < -0.4 is 5.32 Å². The summed E-state index contributed by atoms with van der Waals surface area (Å²) >= 11 is 5.22. The quantitative estimate of drug-likeness (QED) is 0.413. The van der Waals surface area contributed by atoms with Crippen LogP contribution in [0.1, 0.15) is 30.9 Å². The Kier molecular flexibility index (Phi) is 4.81. The highest BCUT2D eigenvalue weighted by atomic mass is 32.1. The number of benzene rings is 2. The zero-order valence-corrected chi connectivity index (χ0v) is 15.2. The fourth-order valence-electron chi connectivity index (χ4n) is 2.57. The van der Waals surface area contributed by atoms with Crippen LogP contribution in [0.2, 0.25) is 0 Å². The SMILES string of the molecule is Cc1ccc2[nH]c(O)c(N=NC(=S)Nc3ccc(C(C)C)cc3)c2c1. The standard InChI is InChI=1S/C19H20N4OS/c1-11(2)13-5-7-14(8-6-13)20-19(25)23-22-17-15-10-12(3)4-9-16(15)21-18(17)24/h4-11,21,24H,1-3H3,(H,20,25). The van der Waals surface area contributed by atoms with Gasteiger partial charge in [-0.1, -0.05) is 37.6 Å². The molecule has 25 heavy (non-hydrogen) atoms. The highest BCUT2D eigenvalue weighted by molar-refractivity contribution is 7.80.